The van der Waals surface area contributed by atoms with Crippen LogP contribution >= 0.6 is 0 Å². The van der Waals surface area contributed by atoms with Gasteiger partial charge in [-0.3, -0.25) is 9.69 Å². The molecule has 0 bridgehead atoms. The molecule has 5 heteroatoms. The van der Waals surface area contributed by atoms with Crippen molar-refractivity contribution in [2.75, 3.05) is 24.5 Å². The summed E-state index contributed by atoms with van der Waals surface area (Å²) in [5.74, 6) is -0.0453. The first-order valence-electron chi connectivity index (χ1n) is 10.4. The minimum Gasteiger partial charge on any atom is -0.311 e. The summed E-state index contributed by atoms with van der Waals surface area (Å²) >= 11 is 0. The molecule has 0 aliphatic carbocycles. The minimum absolute atomic E-state index is 0.124. The van der Waals surface area contributed by atoms with Crippen molar-refractivity contribution < 1.29 is 13.6 Å². The second-order valence-electron chi connectivity index (χ2n) is 8.92. The van der Waals surface area contributed by atoms with E-state index in [-0.39, 0.29) is 23.0 Å². The fraction of sp³-hybridized carbons (Fsp3) is 0.458. The Balaban J connectivity index is 1.52. The van der Waals surface area contributed by atoms with E-state index in [4.69, 9.17) is 0 Å². The monoisotopic (exact) mass is 398 g/mol. The number of carbonyl (C=O) groups excluding carboxylic acids is 1. The van der Waals surface area contributed by atoms with Crippen molar-refractivity contribution in [3.63, 3.8) is 0 Å². The standard InChI is InChI=1S/C24H28F2N2O/c1-17(2)13-23(29)28-16-24(21-14-20(26)7-8-22(21)28)9-11-27(12-10-24)15-18-3-5-19(25)6-4-18/h3-8,14,17H,9-13,15-16H2,1-2H3. The number of benzene rings is 2. The molecule has 0 unspecified atom stereocenters. The third kappa shape index (κ3) is 4.06. The molecule has 4 rings (SSSR count). The molecule has 1 fully saturated rings. The molecule has 0 N–H and O–H groups in total. The van der Waals surface area contributed by atoms with Gasteiger partial charge in [-0.05, 0) is 73.3 Å². The van der Waals surface area contributed by atoms with E-state index in [1.54, 1.807) is 12.1 Å². The van der Waals surface area contributed by atoms with Gasteiger partial charge in [0.25, 0.3) is 0 Å². The molecule has 2 aliphatic heterocycles. The van der Waals surface area contributed by atoms with E-state index in [1.807, 2.05) is 30.9 Å². The zero-order chi connectivity index (χ0) is 20.6. The van der Waals surface area contributed by atoms with Gasteiger partial charge in [-0.15, -0.1) is 0 Å². The molecular formula is C24H28F2N2O. The Labute approximate surface area is 171 Å². The zero-order valence-corrected chi connectivity index (χ0v) is 17.1. The van der Waals surface area contributed by atoms with Gasteiger partial charge >= 0.3 is 0 Å². The van der Waals surface area contributed by atoms with Gasteiger partial charge in [-0.1, -0.05) is 26.0 Å². The van der Waals surface area contributed by atoms with Gasteiger partial charge in [0.15, 0.2) is 0 Å². The van der Waals surface area contributed by atoms with Crippen LogP contribution in [0.3, 0.4) is 0 Å². The van der Waals surface area contributed by atoms with Crippen molar-refractivity contribution in [2.24, 2.45) is 5.92 Å². The lowest BCUT2D eigenvalue weighted by Crippen LogP contribution is -2.45. The summed E-state index contributed by atoms with van der Waals surface area (Å²) in [4.78, 5) is 17.1. The largest absolute Gasteiger partial charge is 0.311 e. The summed E-state index contributed by atoms with van der Waals surface area (Å²) in [6.45, 7) is 7.26. The highest BCUT2D eigenvalue weighted by Crippen LogP contribution is 2.47. The summed E-state index contributed by atoms with van der Waals surface area (Å²) in [5.41, 5.74) is 2.78. The Morgan fingerprint density at radius 1 is 1.03 bits per heavy atom. The summed E-state index contributed by atoms with van der Waals surface area (Å²) in [6, 6.07) is 11.5. The Kier molecular flexibility index (Phi) is 5.43. The predicted octanol–water partition coefficient (Wildman–Crippen LogP) is 4.89. The second-order valence-corrected chi connectivity index (χ2v) is 8.92. The van der Waals surface area contributed by atoms with Gasteiger partial charge in [-0.2, -0.15) is 0 Å². The summed E-state index contributed by atoms with van der Waals surface area (Å²) < 4.78 is 27.2. The summed E-state index contributed by atoms with van der Waals surface area (Å²) in [6.07, 6.45) is 2.27. The van der Waals surface area contributed by atoms with E-state index < -0.39 is 0 Å². The van der Waals surface area contributed by atoms with Gasteiger partial charge in [0.1, 0.15) is 11.6 Å². The molecule has 2 aliphatic rings. The smallest absolute Gasteiger partial charge is 0.227 e. The molecule has 0 atom stereocenters. The average molecular weight is 398 g/mol. The second kappa shape index (κ2) is 7.86. The van der Waals surface area contributed by atoms with Crippen LogP contribution in [0, 0.1) is 17.6 Å². The van der Waals surface area contributed by atoms with Gasteiger partial charge in [-0.25, -0.2) is 8.78 Å². The fourth-order valence-electron chi connectivity index (χ4n) is 4.74. The number of amides is 1. The Morgan fingerprint density at radius 2 is 1.69 bits per heavy atom. The van der Waals surface area contributed by atoms with E-state index in [0.29, 0.717) is 18.9 Å². The average Bonchev–Trinajstić information content (AvgIpc) is 2.99. The van der Waals surface area contributed by atoms with E-state index >= 15 is 0 Å². The van der Waals surface area contributed by atoms with Gasteiger partial charge in [0.05, 0.1) is 0 Å². The highest BCUT2D eigenvalue weighted by atomic mass is 19.1. The molecule has 0 saturated carbocycles. The van der Waals surface area contributed by atoms with Crippen molar-refractivity contribution in [3.8, 4) is 0 Å². The maximum atomic E-state index is 14.1. The highest BCUT2D eigenvalue weighted by Gasteiger charge is 2.46. The van der Waals surface area contributed by atoms with Crippen molar-refractivity contribution >= 4 is 11.6 Å². The minimum atomic E-state index is -0.241. The van der Waals surface area contributed by atoms with Crippen LogP contribution in [0.15, 0.2) is 42.5 Å². The Hall–Kier alpha value is -2.27. The van der Waals surface area contributed by atoms with Crippen LogP contribution in [0.1, 0.15) is 44.2 Å². The van der Waals surface area contributed by atoms with E-state index in [0.717, 1.165) is 49.3 Å². The molecule has 154 valence electrons. The molecule has 1 spiro atoms. The molecule has 1 amide bonds. The third-order valence-corrected chi connectivity index (χ3v) is 6.30. The fourth-order valence-corrected chi connectivity index (χ4v) is 4.74. The maximum absolute atomic E-state index is 14.1. The molecular weight excluding hydrogens is 370 g/mol. The number of nitrogens with zero attached hydrogens (tertiary/aromatic N) is 2. The maximum Gasteiger partial charge on any atom is 0.227 e. The first kappa shape index (κ1) is 20.0. The molecule has 2 aromatic carbocycles. The highest BCUT2D eigenvalue weighted by molar-refractivity contribution is 5.96. The van der Waals surface area contributed by atoms with Gasteiger partial charge in [0, 0.05) is 30.6 Å². The summed E-state index contributed by atoms with van der Waals surface area (Å²) in [5, 5.41) is 0. The van der Waals surface area contributed by atoms with Crippen LogP contribution in [0.25, 0.3) is 0 Å². The predicted molar refractivity (Wildman–Crippen MR) is 111 cm³/mol. The SMILES string of the molecule is CC(C)CC(=O)N1CC2(CCN(Cc3ccc(F)cc3)CC2)c2cc(F)ccc21. The first-order valence-corrected chi connectivity index (χ1v) is 10.4. The number of hydrogen-bond donors (Lipinski definition) is 0. The van der Waals surface area contributed by atoms with E-state index in [1.165, 1.54) is 18.2 Å². The van der Waals surface area contributed by atoms with E-state index in [9.17, 15) is 13.6 Å². The van der Waals surface area contributed by atoms with Crippen LogP contribution in [0.5, 0.6) is 0 Å². The molecule has 2 aromatic rings. The van der Waals surface area contributed by atoms with Crippen LogP contribution in [0.4, 0.5) is 14.5 Å². The number of piperidine rings is 1. The lowest BCUT2D eigenvalue weighted by Gasteiger charge is -2.40. The first-order chi connectivity index (χ1) is 13.9. The normalized spacial score (nSPS) is 18.4. The van der Waals surface area contributed by atoms with Gasteiger partial charge in [0.2, 0.25) is 5.91 Å². The molecule has 2 heterocycles. The Bertz CT molecular complexity index is 886. The molecule has 1 saturated heterocycles. The van der Waals surface area contributed by atoms with Crippen molar-refractivity contribution in [1.29, 1.82) is 0 Å². The molecule has 3 nitrogen and oxygen atoms in total. The number of fused-ring (bicyclic) bond motifs is 2. The number of hydrogen-bond acceptors (Lipinski definition) is 2. The lowest BCUT2D eigenvalue weighted by molar-refractivity contribution is -0.119. The number of rotatable bonds is 4. The van der Waals surface area contributed by atoms with Crippen molar-refractivity contribution in [1.82, 2.24) is 4.90 Å². The number of carbonyl (C=O) groups is 1. The Morgan fingerprint density at radius 3 is 2.34 bits per heavy atom. The lowest BCUT2D eigenvalue weighted by atomic mass is 9.74. The number of halogens is 2. The molecule has 29 heavy (non-hydrogen) atoms. The van der Waals surface area contributed by atoms with Crippen LogP contribution < -0.4 is 4.90 Å². The van der Waals surface area contributed by atoms with Crippen LogP contribution in [-0.2, 0) is 16.8 Å². The van der Waals surface area contributed by atoms with Crippen molar-refractivity contribution in [2.45, 2.75) is 45.1 Å². The topological polar surface area (TPSA) is 23.6 Å². The summed E-state index contributed by atoms with van der Waals surface area (Å²) in [7, 11) is 0. The molecule has 0 aromatic heterocycles. The number of likely N-dealkylation sites (tertiary alicyclic amines) is 1. The van der Waals surface area contributed by atoms with Crippen molar-refractivity contribution in [3.05, 3.63) is 65.2 Å². The van der Waals surface area contributed by atoms with E-state index in [2.05, 4.69) is 4.90 Å². The molecule has 0 radical (unpaired) electrons. The van der Waals surface area contributed by atoms with Gasteiger partial charge < -0.3 is 4.90 Å². The quantitative estimate of drug-likeness (QED) is 0.732. The number of anilines is 1. The van der Waals surface area contributed by atoms with Crippen LogP contribution in [-0.4, -0.2) is 30.4 Å². The zero-order valence-electron chi connectivity index (χ0n) is 17.1. The third-order valence-electron chi connectivity index (χ3n) is 6.30. The van der Waals surface area contributed by atoms with Crippen LogP contribution in [0.2, 0.25) is 0 Å².